The number of aromatic nitrogens is 1. The van der Waals surface area contributed by atoms with Gasteiger partial charge in [0.15, 0.2) is 10.9 Å². The van der Waals surface area contributed by atoms with Crippen molar-refractivity contribution in [3.05, 3.63) is 17.4 Å². The average Bonchev–Trinajstić information content (AvgIpc) is 2.92. The van der Waals surface area contributed by atoms with Crippen molar-refractivity contribution in [1.29, 1.82) is 0 Å². The van der Waals surface area contributed by atoms with Crippen LogP contribution in [-0.2, 0) is 10.0 Å². The Morgan fingerprint density at radius 2 is 2.25 bits per heavy atom. The Kier molecular flexibility index (Phi) is 2.94. The molecule has 1 fully saturated rings. The lowest BCUT2D eigenvalue weighted by Crippen LogP contribution is -2.11. The largest absolute Gasteiger partial charge is 0.485 e. The summed E-state index contributed by atoms with van der Waals surface area (Å²) in [5.41, 5.74) is 0.328. The topological polar surface area (TPSA) is 68.3 Å². The normalized spacial score (nSPS) is 15.9. The molecule has 0 spiro atoms. The first-order chi connectivity index (χ1) is 7.46. The van der Waals surface area contributed by atoms with Crippen LogP contribution in [0.3, 0.4) is 0 Å². The van der Waals surface area contributed by atoms with Gasteiger partial charge in [-0.3, -0.25) is 4.72 Å². The second kappa shape index (κ2) is 4.10. The van der Waals surface area contributed by atoms with Crippen LogP contribution in [0.5, 0.6) is 5.75 Å². The van der Waals surface area contributed by atoms with Gasteiger partial charge in [-0.2, -0.15) is 0 Å². The maximum atomic E-state index is 11.1. The highest BCUT2D eigenvalue weighted by atomic mass is 35.5. The van der Waals surface area contributed by atoms with Gasteiger partial charge in [0.1, 0.15) is 0 Å². The SMILES string of the molecule is CS(=O)(=O)Nc1ccnc(Cl)c1OC1CC1. The maximum absolute atomic E-state index is 11.1. The van der Waals surface area contributed by atoms with E-state index < -0.39 is 10.0 Å². The highest BCUT2D eigenvalue weighted by molar-refractivity contribution is 7.92. The number of nitrogens with one attached hydrogen (secondary N) is 1. The van der Waals surface area contributed by atoms with Crippen LogP contribution in [-0.4, -0.2) is 25.8 Å². The summed E-state index contributed by atoms with van der Waals surface area (Å²) in [6, 6.07) is 1.52. The van der Waals surface area contributed by atoms with Gasteiger partial charge < -0.3 is 4.74 Å². The molecule has 1 aliphatic carbocycles. The van der Waals surface area contributed by atoms with E-state index in [2.05, 4.69) is 9.71 Å². The molecule has 16 heavy (non-hydrogen) atoms. The van der Waals surface area contributed by atoms with Gasteiger partial charge in [-0.25, -0.2) is 13.4 Å². The van der Waals surface area contributed by atoms with Gasteiger partial charge in [0, 0.05) is 6.20 Å². The number of rotatable bonds is 4. The third-order valence-electron chi connectivity index (χ3n) is 1.97. The molecule has 7 heteroatoms. The van der Waals surface area contributed by atoms with E-state index in [1.165, 1.54) is 12.3 Å². The Labute approximate surface area is 98.8 Å². The molecule has 1 saturated carbocycles. The van der Waals surface area contributed by atoms with Crippen molar-refractivity contribution < 1.29 is 13.2 Å². The van der Waals surface area contributed by atoms with Crippen molar-refractivity contribution in [3.8, 4) is 5.75 Å². The summed E-state index contributed by atoms with van der Waals surface area (Å²) in [5, 5.41) is 0.167. The minimum atomic E-state index is -3.35. The van der Waals surface area contributed by atoms with Crippen LogP contribution in [0.15, 0.2) is 12.3 Å². The number of sulfonamides is 1. The Hall–Kier alpha value is -1.01. The second-order valence-corrected chi connectivity index (χ2v) is 5.78. The van der Waals surface area contributed by atoms with Crippen molar-refractivity contribution in [2.45, 2.75) is 18.9 Å². The fraction of sp³-hybridized carbons (Fsp3) is 0.444. The quantitative estimate of drug-likeness (QED) is 0.838. The number of anilines is 1. The highest BCUT2D eigenvalue weighted by Gasteiger charge is 2.26. The predicted octanol–water partition coefficient (Wildman–Crippen LogP) is 1.65. The Balaban J connectivity index is 2.31. The molecule has 0 atom stereocenters. The third kappa shape index (κ3) is 2.99. The zero-order chi connectivity index (χ0) is 11.8. The number of ether oxygens (including phenoxy) is 1. The number of nitrogens with zero attached hydrogens (tertiary/aromatic N) is 1. The highest BCUT2D eigenvalue weighted by Crippen LogP contribution is 2.36. The summed E-state index contributed by atoms with van der Waals surface area (Å²) in [5.74, 6) is 0.303. The van der Waals surface area contributed by atoms with Crippen molar-refractivity contribution in [3.63, 3.8) is 0 Å². The summed E-state index contributed by atoms with van der Waals surface area (Å²) in [7, 11) is -3.35. The molecule has 1 aromatic rings. The lowest BCUT2D eigenvalue weighted by Gasteiger charge is -2.12. The van der Waals surface area contributed by atoms with E-state index in [4.69, 9.17) is 16.3 Å². The first-order valence-corrected chi connectivity index (χ1v) is 7.01. The summed E-state index contributed by atoms with van der Waals surface area (Å²) in [6.07, 6.45) is 4.55. The van der Waals surface area contributed by atoms with Gasteiger partial charge in [-0.15, -0.1) is 0 Å². The Morgan fingerprint density at radius 3 is 2.81 bits per heavy atom. The molecule has 0 amide bonds. The van der Waals surface area contributed by atoms with Crippen molar-refractivity contribution in [2.24, 2.45) is 0 Å². The van der Waals surface area contributed by atoms with Crippen LogP contribution in [0.1, 0.15) is 12.8 Å². The lowest BCUT2D eigenvalue weighted by atomic mass is 10.4. The van der Waals surface area contributed by atoms with Crippen molar-refractivity contribution in [2.75, 3.05) is 11.0 Å². The molecule has 1 N–H and O–H groups in total. The van der Waals surface area contributed by atoms with E-state index >= 15 is 0 Å². The van der Waals surface area contributed by atoms with Gasteiger partial charge in [-0.05, 0) is 18.9 Å². The van der Waals surface area contributed by atoms with Gasteiger partial charge >= 0.3 is 0 Å². The van der Waals surface area contributed by atoms with Crippen LogP contribution >= 0.6 is 11.6 Å². The molecule has 88 valence electrons. The van der Waals surface area contributed by atoms with E-state index in [1.807, 2.05) is 0 Å². The molecule has 0 aliphatic heterocycles. The molecule has 0 radical (unpaired) electrons. The first-order valence-electron chi connectivity index (χ1n) is 4.74. The van der Waals surface area contributed by atoms with Gasteiger partial charge in [0.05, 0.1) is 18.0 Å². The molecule has 0 saturated heterocycles. The van der Waals surface area contributed by atoms with Gasteiger partial charge in [0.2, 0.25) is 10.0 Å². The fourth-order valence-electron chi connectivity index (χ4n) is 1.17. The molecule has 1 aliphatic rings. The molecule has 2 rings (SSSR count). The summed E-state index contributed by atoms with van der Waals surface area (Å²) in [6.45, 7) is 0. The molecule has 1 heterocycles. The molecule has 0 unspecified atom stereocenters. The summed E-state index contributed by atoms with van der Waals surface area (Å²) < 4.78 is 30.1. The Morgan fingerprint density at radius 1 is 1.56 bits per heavy atom. The fourth-order valence-corrected chi connectivity index (χ4v) is 1.93. The number of hydrogen-bond acceptors (Lipinski definition) is 4. The maximum Gasteiger partial charge on any atom is 0.229 e. The summed E-state index contributed by atoms with van der Waals surface area (Å²) >= 11 is 5.86. The zero-order valence-electron chi connectivity index (χ0n) is 8.60. The van der Waals surface area contributed by atoms with Crippen LogP contribution in [0.25, 0.3) is 0 Å². The molecule has 0 bridgehead atoms. The van der Waals surface area contributed by atoms with Gasteiger partial charge in [-0.1, -0.05) is 11.6 Å². The third-order valence-corrected chi connectivity index (χ3v) is 2.83. The van der Waals surface area contributed by atoms with E-state index in [9.17, 15) is 8.42 Å². The van der Waals surface area contributed by atoms with Crippen molar-refractivity contribution in [1.82, 2.24) is 4.98 Å². The second-order valence-electron chi connectivity index (χ2n) is 3.67. The van der Waals surface area contributed by atoms with Gasteiger partial charge in [0.25, 0.3) is 0 Å². The van der Waals surface area contributed by atoms with E-state index in [0.29, 0.717) is 11.4 Å². The predicted molar refractivity (Wildman–Crippen MR) is 61.4 cm³/mol. The molecule has 5 nitrogen and oxygen atoms in total. The standard InChI is InChI=1S/C9H11ClN2O3S/c1-16(13,14)12-7-4-5-11-9(10)8(7)15-6-2-3-6/h4-6H,2-3H2,1H3,(H,11,12). The van der Waals surface area contributed by atoms with Crippen LogP contribution in [0, 0.1) is 0 Å². The van der Waals surface area contributed by atoms with Crippen LogP contribution < -0.4 is 9.46 Å². The minimum absolute atomic E-state index is 0.127. The molecular formula is C9H11ClN2O3S. The monoisotopic (exact) mass is 262 g/mol. The zero-order valence-corrected chi connectivity index (χ0v) is 10.2. The summed E-state index contributed by atoms with van der Waals surface area (Å²) in [4.78, 5) is 3.86. The number of halogens is 1. The Bertz CT molecular complexity index is 499. The molecule has 0 aromatic carbocycles. The molecule has 1 aromatic heterocycles. The van der Waals surface area contributed by atoms with Crippen LogP contribution in [0.2, 0.25) is 5.15 Å². The van der Waals surface area contributed by atoms with E-state index in [1.54, 1.807) is 0 Å². The smallest absolute Gasteiger partial charge is 0.229 e. The first kappa shape index (κ1) is 11.5. The number of hydrogen-bond donors (Lipinski definition) is 1. The average molecular weight is 263 g/mol. The minimum Gasteiger partial charge on any atom is -0.485 e. The number of pyridine rings is 1. The van der Waals surface area contributed by atoms with Crippen molar-refractivity contribution >= 4 is 27.3 Å². The lowest BCUT2D eigenvalue weighted by molar-refractivity contribution is 0.304. The van der Waals surface area contributed by atoms with Crippen LogP contribution in [0.4, 0.5) is 5.69 Å². The van der Waals surface area contributed by atoms with E-state index in [0.717, 1.165) is 19.1 Å². The molecular weight excluding hydrogens is 252 g/mol. The van der Waals surface area contributed by atoms with E-state index in [-0.39, 0.29) is 11.3 Å².